The molecule has 0 fully saturated rings. The average molecular weight is 428 g/mol. The average Bonchev–Trinajstić information content (AvgIpc) is 2.73. The first-order chi connectivity index (χ1) is 14.3. The quantitative estimate of drug-likeness (QED) is 0.577. The maximum atomic E-state index is 12.7. The van der Waals surface area contributed by atoms with Crippen LogP contribution in [-0.2, 0) is 10.0 Å². The molecule has 158 valence electrons. The smallest absolute Gasteiger partial charge is 0.261 e. The third kappa shape index (κ3) is 5.27. The molecule has 0 atom stereocenters. The fourth-order valence-electron chi connectivity index (χ4n) is 2.74. The van der Waals surface area contributed by atoms with Crippen LogP contribution in [0.15, 0.2) is 59.5 Å². The molecular formula is C22H25N3O4S. The highest BCUT2D eigenvalue weighted by Gasteiger charge is 2.16. The molecular weight excluding hydrogens is 402 g/mol. The molecule has 30 heavy (non-hydrogen) atoms. The van der Waals surface area contributed by atoms with E-state index in [9.17, 15) is 8.42 Å². The van der Waals surface area contributed by atoms with E-state index in [0.717, 1.165) is 11.1 Å². The molecule has 1 heterocycles. The first-order valence-electron chi connectivity index (χ1n) is 9.53. The topological polar surface area (TPSA) is 90.4 Å². The van der Waals surface area contributed by atoms with Crippen LogP contribution in [0.25, 0.3) is 11.3 Å². The zero-order chi connectivity index (χ0) is 21.7. The van der Waals surface area contributed by atoms with Crippen LogP contribution in [0.5, 0.6) is 11.6 Å². The van der Waals surface area contributed by atoms with Crippen LogP contribution in [-0.4, -0.2) is 32.3 Å². The van der Waals surface area contributed by atoms with Crippen LogP contribution in [0.2, 0.25) is 0 Å². The number of benzene rings is 2. The highest BCUT2D eigenvalue weighted by molar-refractivity contribution is 7.92. The summed E-state index contributed by atoms with van der Waals surface area (Å²) in [7, 11) is -2.16. The van der Waals surface area contributed by atoms with Gasteiger partial charge in [-0.2, -0.15) is 0 Å². The van der Waals surface area contributed by atoms with Gasteiger partial charge in [0.1, 0.15) is 5.75 Å². The van der Waals surface area contributed by atoms with Gasteiger partial charge in [-0.05, 0) is 54.8 Å². The molecule has 0 aliphatic heterocycles. The molecule has 1 aromatic heterocycles. The predicted octanol–water partition coefficient (Wildman–Crippen LogP) is 4.30. The Labute approximate surface area is 177 Å². The summed E-state index contributed by atoms with van der Waals surface area (Å²) in [6.07, 6.45) is 0. The molecule has 8 heteroatoms. The Hall–Kier alpha value is -3.13. The van der Waals surface area contributed by atoms with Crippen molar-refractivity contribution in [3.05, 3.63) is 60.2 Å². The lowest BCUT2D eigenvalue weighted by molar-refractivity contribution is 0.258. The monoisotopic (exact) mass is 427 g/mol. The van der Waals surface area contributed by atoms with Gasteiger partial charge in [0.05, 0.1) is 24.3 Å². The third-order valence-electron chi connectivity index (χ3n) is 4.31. The van der Waals surface area contributed by atoms with Crippen molar-refractivity contribution in [3.63, 3.8) is 0 Å². The van der Waals surface area contributed by atoms with Crippen molar-refractivity contribution in [2.24, 2.45) is 5.92 Å². The lowest BCUT2D eigenvalue weighted by atomic mass is 10.1. The van der Waals surface area contributed by atoms with Crippen molar-refractivity contribution >= 4 is 15.7 Å². The summed E-state index contributed by atoms with van der Waals surface area (Å²) in [6.45, 7) is 6.50. The van der Waals surface area contributed by atoms with Crippen molar-refractivity contribution in [1.82, 2.24) is 10.2 Å². The molecule has 0 amide bonds. The molecule has 0 radical (unpaired) electrons. The molecule has 0 bridgehead atoms. The first-order valence-corrected chi connectivity index (χ1v) is 11.0. The summed E-state index contributed by atoms with van der Waals surface area (Å²) in [4.78, 5) is 0.174. The number of aryl methyl sites for hydroxylation is 1. The van der Waals surface area contributed by atoms with Crippen LogP contribution in [0.4, 0.5) is 5.69 Å². The predicted molar refractivity (Wildman–Crippen MR) is 116 cm³/mol. The van der Waals surface area contributed by atoms with Gasteiger partial charge in [0, 0.05) is 17.3 Å². The van der Waals surface area contributed by atoms with Crippen LogP contribution in [0.1, 0.15) is 19.4 Å². The summed E-state index contributed by atoms with van der Waals surface area (Å²) in [5.41, 5.74) is 2.69. The van der Waals surface area contributed by atoms with E-state index < -0.39 is 10.0 Å². The van der Waals surface area contributed by atoms with Gasteiger partial charge in [0.2, 0.25) is 5.88 Å². The molecule has 3 rings (SSSR count). The minimum atomic E-state index is -3.71. The molecule has 0 aliphatic carbocycles. The molecule has 0 aliphatic rings. The normalized spacial score (nSPS) is 11.4. The zero-order valence-electron chi connectivity index (χ0n) is 17.4. The molecule has 3 aromatic rings. The highest BCUT2D eigenvalue weighted by atomic mass is 32.2. The number of hydrogen-bond donors (Lipinski definition) is 1. The molecule has 0 saturated heterocycles. The van der Waals surface area contributed by atoms with E-state index >= 15 is 0 Å². The SMILES string of the molecule is COc1ccc(S(=O)(=O)Nc2ccc(-c3ccc(OCC(C)C)nn3)cc2)cc1C. The Kier molecular flexibility index (Phi) is 6.56. The number of sulfonamides is 1. The van der Waals surface area contributed by atoms with E-state index in [-0.39, 0.29) is 4.90 Å². The molecule has 7 nitrogen and oxygen atoms in total. The van der Waals surface area contributed by atoms with E-state index in [1.807, 2.05) is 6.07 Å². The Morgan fingerprint density at radius 3 is 2.30 bits per heavy atom. The van der Waals surface area contributed by atoms with Gasteiger partial charge in [-0.3, -0.25) is 4.72 Å². The number of nitrogens with one attached hydrogen (secondary N) is 1. The standard InChI is InChI=1S/C22H25N3O4S/c1-15(2)14-29-22-12-10-20(23-24-22)17-5-7-18(8-6-17)25-30(26,27)19-9-11-21(28-4)16(3)13-19/h5-13,15,25H,14H2,1-4H3. The Balaban J connectivity index is 1.71. The molecule has 0 unspecified atom stereocenters. The summed E-state index contributed by atoms with van der Waals surface area (Å²) >= 11 is 0. The number of aromatic nitrogens is 2. The van der Waals surface area contributed by atoms with E-state index in [2.05, 4.69) is 28.8 Å². The first kappa shape index (κ1) is 21.6. The fourth-order valence-corrected chi connectivity index (χ4v) is 3.89. The molecule has 0 spiro atoms. The fraction of sp³-hybridized carbons (Fsp3) is 0.273. The van der Waals surface area contributed by atoms with Crippen molar-refractivity contribution in [1.29, 1.82) is 0 Å². The van der Waals surface area contributed by atoms with Crippen molar-refractivity contribution in [3.8, 4) is 22.9 Å². The number of nitrogens with zero attached hydrogens (tertiary/aromatic N) is 2. The van der Waals surface area contributed by atoms with Crippen LogP contribution in [0.3, 0.4) is 0 Å². The summed E-state index contributed by atoms with van der Waals surface area (Å²) < 4.78 is 38.6. The Morgan fingerprint density at radius 2 is 1.73 bits per heavy atom. The second-order valence-electron chi connectivity index (χ2n) is 7.28. The van der Waals surface area contributed by atoms with Gasteiger partial charge in [-0.1, -0.05) is 26.0 Å². The van der Waals surface area contributed by atoms with Crippen LogP contribution in [0, 0.1) is 12.8 Å². The van der Waals surface area contributed by atoms with E-state index in [4.69, 9.17) is 9.47 Å². The maximum Gasteiger partial charge on any atom is 0.261 e. The molecule has 0 saturated carbocycles. The highest BCUT2D eigenvalue weighted by Crippen LogP contribution is 2.25. The van der Waals surface area contributed by atoms with Gasteiger partial charge in [0.15, 0.2) is 0 Å². The minimum Gasteiger partial charge on any atom is -0.496 e. The third-order valence-corrected chi connectivity index (χ3v) is 5.69. The number of methoxy groups -OCH3 is 1. The van der Waals surface area contributed by atoms with Crippen LogP contribution >= 0.6 is 0 Å². The molecule has 2 aromatic carbocycles. The van der Waals surface area contributed by atoms with Crippen molar-refractivity contribution in [2.45, 2.75) is 25.7 Å². The molecule has 1 N–H and O–H groups in total. The Bertz CT molecular complexity index is 1100. The largest absolute Gasteiger partial charge is 0.496 e. The van der Waals surface area contributed by atoms with Crippen LogP contribution < -0.4 is 14.2 Å². The lowest BCUT2D eigenvalue weighted by Crippen LogP contribution is -2.13. The Morgan fingerprint density at radius 1 is 1.00 bits per heavy atom. The second-order valence-corrected chi connectivity index (χ2v) is 8.96. The van der Waals surface area contributed by atoms with E-state index in [1.165, 1.54) is 6.07 Å². The van der Waals surface area contributed by atoms with Gasteiger partial charge >= 0.3 is 0 Å². The number of rotatable bonds is 8. The number of ether oxygens (including phenoxy) is 2. The van der Waals surface area contributed by atoms with Gasteiger partial charge in [-0.15, -0.1) is 10.2 Å². The minimum absolute atomic E-state index is 0.174. The van der Waals surface area contributed by atoms with Gasteiger partial charge in [0.25, 0.3) is 10.0 Å². The van der Waals surface area contributed by atoms with E-state index in [0.29, 0.717) is 35.5 Å². The van der Waals surface area contributed by atoms with Gasteiger partial charge in [-0.25, -0.2) is 8.42 Å². The van der Waals surface area contributed by atoms with E-state index in [1.54, 1.807) is 56.5 Å². The summed E-state index contributed by atoms with van der Waals surface area (Å²) in [5, 5.41) is 8.26. The number of anilines is 1. The summed E-state index contributed by atoms with van der Waals surface area (Å²) in [5.74, 6) is 1.52. The number of hydrogen-bond acceptors (Lipinski definition) is 6. The lowest BCUT2D eigenvalue weighted by Gasteiger charge is -2.11. The maximum absolute atomic E-state index is 12.7. The second kappa shape index (κ2) is 9.13. The zero-order valence-corrected chi connectivity index (χ0v) is 18.2. The van der Waals surface area contributed by atoms with Crippen molar-refractivity contribution in [2.75, 3.05) is 18.4 Å². The summed E-state index contributed by atoms with van der Waals surface area (Å²) in [6, 6.07) is 15.3. The van der Waals surface area contributed by atoms with Gasteiger partial charge < -0.3 is 9.47 Å². The van der Waals surface area contributed by atoms with Crippen molar-refractivity contribution < 1.29 is 17.9 Å².